The van der Waals surface area contributed by atoms with Gasteiger partial charge in [-0.2, -0.15) is 0 Å². The second kappa shape index (κ2) is 6.15. The van der Waals surface area contributed by atoms with Crippen molar-refractivity contribution in [2.45, 2.75) is 20.0 Å². The van der Waals surface area contributed by atoms with E-state index in [-0.39, 0.29) is 11.8 Å². The topological polar surface area (TPSA) is 21.3 Å². The van der Waals surface area contributed by atoms with E-state index in [2.05, 4.69) is 21.2 Å². The molecule has 0 heterocycles. The predicted octanol–water partition coefficient (Wildman–Crippen LogP) is 3.56. The van der Waals surface area contributed by atoms with Crippen LogP contribution in [0.4, 0.5) is 14.5 Å². The van der Waals surface area contributed by atoms with Crippen molar-refractivity contribution in [2.24, 2.45) is 0 Å². The monoisotopic (exact) mass is 293 g/mol. The van der Waals surface area contributed by atoms with Gasteiger partial charge in [0.05, 0.1) is 18.4 Å². The van der Waals surface area contributed by atoms with Gasteiger partial charge in [-0.25, -0.2) is 8.78 Å². The zero-order chi connectivity index (χ0) is 12.1. The molecule has 0 saturated carbocycles. The van der Waals surface area contributed by atoms with E-state index >= 15 is 0 Å². The zero-order valence-electron chi connectivity index (χ0n) is 9.19. The summed E-state index contributed by atoms with van der Waals surface area (Å²) in [4.78, 5) is 0. The maximum atomic E-state index is 13.3. The Morgan fingerprint density at radius 3 is 2.62 bits per heavy atom. The van der Waals surface area contributed by atoms with Crippen molar-refractivity contribution in [2.75, 3.05) is 18.5 Å². The normalized spacial score (nSPS) is 10.9. The van der Waals surface area contributed by atoms with Gasteiger partial charge in [0.15, 0.2) is 0 Å². The first-order chi connectivity index (χ1) is 7.50. The second-order valence-corrected chi connectivity index (χ2v) is 4.45. The minimum atomic E-state index is -0.614. The fourth-order valence-electron chi connectivity index (χ4n) is 1.18. The van der Waals surface area contributed by atoms with Crippen LogP contribution in [0.3, 0.4) is 0 Å². The Kier molecular flexibility index (Phi) is 5.15. The number of hydrogen-bond donors (Lipinski definition) is 1. The molecular formula is C11H14BrF2NO. The Morgan fingerprint density at radius 2 is 2.06 bits per heavy atom. The highest BCUT2D eigenvalue weighted by molar-refractivity contribution is 9.10. The number of anilines is 1. The zero-order valence-corrected chi connectivity index (χ0v) is 10.8. The first-order valence-corrected chi connectivity index (χ1v) is 5.80. The SMILES string of the molecule is CC(C)OCCNc1c(F)cc(F)cc1Br. The molecule has 2 nitrogen and oxygen atoms in total. The van der Waals surface area contributed by atoms with Gasteiger partial charge in [0.25, 0.3) is 0 Å². The Hall–Kier alpha value is -0.680. The quantitative estimate of drug-likeness (QED) is 0.838. The van der Waals surface area contributed by atoms with Gasteiger partial charge in [-0.05, 0) is 35.8 Å². The maximum Gasteiger partial charge on any atom is 0.150 e. The third-order valence-electron chi connectivity index (χ3n) is 1.86. The molecule has 0 radical (unpaired) electrons. The third kappa shape index (κ3) is 4.06. The molecule has 0 fully saturated rings. The number of rotatable bonds is 5. The van der Waals surface area contributed by atoms with Crippen LogP contribution in [0, 0.1) is 11.6 Å². The summed E-state index contributed by atoms with van der Waals surface area (Å²) in [6.07, 6.45) is 0.142. The molecule has 0 aliphatic heterocycles. The van der Waals surface area contributed by atoms with Gasteiger partial charge in [0, 0.05) is 17.1 Å². The minimum Gasteiger partial charge on any atom is -0.379 e. The van der Waals surface area contributed by atoms with Crippen molar-refractivity contribution < 1.29 is 13.5 Å². The Morgan fingerprint density at radius 1 is 1.38 bits per heavy atom. The number of halogens is 3. The van der Waals surface area contributed by atoms with E-state index in [4.69, 9.17) is 4.74 Å². The first-order valence-electron chi connectivity index (χ1n) is 5.00. The molecule has 1 rings (SSSR count). The van der Waals surface area contributed by atoms with Crippen LogP contribution in [-0.2, 0) is 4.74 Å². The van der Waals surface area contributed by atoms with E-state index in [1.807, 2.05) is 13.8 Å². The van der Waals surface area contributed by atoms with E-state index in [1.165, 1.54) is 6.07 Å². The molecule has 0 spiro atoms. The van der Waals surface area contributed by atoms with Crippen LogP contribution in [0.2, 0.25) is 0 Å². The van der Waals surface area contributed by atoms with Crippen molar-refractivity contribution in [3.05, 3.63) is 28.2 Å². The molecule has 0 aromatic heterocycles. The van der Waals surface area contributed by atoms with E-state index in [1.54, 1.807) is 0 Å². The lowest BCUT2D eigenvalue weighted by molar-refractivity contribution is 0.0870. The average molecular weight is 294 g/mol. The van der Waals surface area contributed by atoms with Crippen LogP contribution in [-0.4, -0.2) is 19.3 Å². The highest BCUT2D eigenvalue weighted by Crippen LogP contribution is 2.26. The summed E-state index contributed by atoms with van der Waals surface area (Å²) in [5.74, 6) is -1.22. The smallest absolute Gasteiger partial charge is 0.150 e. The molecule has 0 aliphatic carbocycles. The molecule has 0 bridgehead atoms. The molecule has 0 unspecified atom stereocenters. The van der Waals surface area contributed by atoms with Crippen molar-refractivity contribution in [1.29, 1.82) is 0 Å². The van der Waals surface area contributed by atoms with E-state index in [0.29, 0.717) is 17.6 Å². The number of nitrogens with one attached hydrogen (secondary N) is 1. The molecule has 90 valence electrons. The van der Waals surface area contributed by atoms with E-state index < -0.39 is 11.6 Å². The van der Waals surface area contributed by atoms with Crippen LogP contribution in [0.1, 0.15) is 13.8 Å². The Balaban J connectivity index is 2.54. The van der Waals surface area contributed by atoms with E-state index in [9.17, 15) is 8.78 Å². The van der Waals surface area contributed by atoms with Gasteiger partial charge in [-0.1, -0.05) is 0 Å². The summed E-state index contributed by atoms with van der Waals surface area (Å²) >= 11 is 3.10. The Bertz CT molecular complexity index is 335. The molecule has 0 saturated heterocycles. The summed E-state index contributed by atoms with van der Waals surface area (Å²) in [6.45, 7) is 4.79. The third-order valence-corrected chi connectivity index (χ3v) is 2.49. The van der Waals surface area contributed by atoms with Crippen molar-refractivity contribution in [1.82, 2.24) is 0 Å². The van der Waals surface area contributed by atoms with Gasteiger partial charge >= 0.3 is 0 Å². The molecule has 5 heteroatoms. The van der Waals surface area contributed by atoms with Gasteiger partial charge in [0.2, 0.25) is 0 Å². The number of ether oxygens (including phenoxy) is 1. The Labute approximate surface area is 102 Å². The molecule has 0 amide bonds. The molecular weight excluding hydrogens is 280 g/mol. The predicted molar refractivity (Wildman–Crippen MR) is 63.6 cm³/mol. The standard InChI is InChI=1S/C11H14BrF2NO/c1-7(2)16-4-3-15-11-9(12)5-8(13)6-10(11)14/h5-7,15H,3-4H2,1-2H3. The number of hydrogen-bond acceptors (Lipinski definition) is 2. The molecule has 1 N–H and O–H groups in total. The van der Waals surface area contributed by atoms with Crippen molar-refractivity contribution >= 4 is 21.6 Å². The lowest BCUT2D eigenvalue weighted by Gasteiger charge is -2.11. The van der Waals surface area contributed by atoms with Gasteiger partial charge in [-0.15, -0.1) is 0 Å². The lowest BCUT2D eigenvalue weighted by atomic mass is 10.3. The van der Waals surface area contributed by atoms with Gasteiger partial charge in [-0.3, -0.25) is 0 Å². The van der Waals surface area contributed by atoms with Gasteiger partial charge < -0.3 is 10.1 Å². The van der Waals surface area contributed by atoms with Crippen LogP contribution in [0.25, 0.3) is 0 Å². The summed E-state index contributed by atoms with van der Waals surface area (Å²) in [5, 5.41) is 2.85. The van der Waals surface area contributed by atoms with Crippen molar-refractivity contribution in [3.63, 3.8) is 0 Å². The summed E-state index contributed by atoms with van der Waals surface area (Å²) in [6, 6.07) is 2.06. The largest absolute Gasteiger partial charge is 0.379 e. The minimum absolute atomic E-state index is 0.142. The summed E-state index contributed by atoms with van der Waals surface area (Å²) < 4.78 is 31.8. The molecule has 1 aromatic carbocycles. The fourth-order valence-corrected chi connectivity index (χ4v) is 1.73. The number of benzene rings is 1. The van der Waals surface area contributed by atoms with Crippen LogP contribution in [0.5, 0.6) is 0 Å². The molecule has 0 aliphatic rings. The summed E-state index contributed by atoms with van der Waals surface area (Å²) in [7, 11) is 0. The van der Waals surface area contributed by atoms with E-state index in [0.717, 1.165) is 6.07 Å². The molecule has 16 heavy (non-hydrogen) atoms. The second-order valence-electron chi connectivity index (χ2n) is 3.59. The average Bonchev–Trinajstić information content (AvgIpc) is 2.14. The van der Waals surface area contributed by atoms with Crippen LogP contribution in [0.15, 0.2) is 16.6 Å². The lowest BCUT2D eigenvalue weighted by Crippen LogP contribution is -2.14. The van der Waals surface area contributed by atoms with Crippen molar-refractivity contribution in [3.8, 4) is 0 Å². The first kappa shape index (κ1) is 13.4. The van der Waals surface area contributed by atoms with Gasteiger partial charge in [0.1, 0.15) is 11.6 Å². The van der Waals surface area contributed by atoms with Crippen LogP contribution >= 0.6 is 15.9 Å². The highest BCUT2D eigenvalue weighted by atomic mass is 79.9. The summed E-state index contributed by atoms with van der Waals surface area (Å²) in [5.41, 5.74) is 0.258. The fraction of sp³-hybridized carbons (Fsp3) is 0.455. The van der Waals surface area contributed by atoms with Crippen LogP contribution < -0.4 is 5.32 Å². The highest BCUT2D eigenvalue weighted by Gasteiger charge is 2.08. The molecule has 1 aromatic rings. The maximum absolute atomic E-state index is 13.3. The molecule has 0 atom stereocenters.